The fourth-order valence-corrected chi connectivity index (χ4v) is 4.93. The van der Waals surface area contributed by atoms with Crippen molar-refractivity contribution in [3.63, 3.8) is 0 Å². The highest BCUT2D eigenvalue weighted by atomic mass is 32.2. The van der Waals surface area contributed by atoms with Gasteiger partial charge in [-0.15, -0.1) is 0 Å². The molecule has 1 aromatic heterocycles. The minimum absolute atomic E-state index is 0.0511. The lowest BCUT2D eigenvalue weighted by Crippen LogP contribution is -2.47. The summed E-state index contributed by atoms with van der Waals surface area (Å²) in [4.78, 5) is 6.27. The third kappa shape index (κ3) is 3.21. The van der Waals surface area contributed by atoms with Crippen LogP contribution in [0.4, 0.5) is 5.82 Å². The molecule has 0 aromatic carbocycles. The van der Waals surface area contributed by atoms with Crippen LogP contribution >= 0.6 is 11.8 Å². The van der Waals surface area contributed by atoms with Gasteiger partial charge in [-0.05, 0) is 18.6 Å². The van der Waals surface area contributed by atoms with Gasteiger partial charge in [-0.3, -0.25) is 0 Å². The Morgan fingerprint density at radius 1 is 1.53 bits per heavy atom. The second kappa shape index (κ2) is 5.68. The third-order valence-electron chi connectivity index (χ3n) is 3.22. The summed E-state index contributed by atoms with van der Waals surface area (Å²) in [5.74, 6) is 2.14. The van der Waals surface area contributed by atoms with Crippen molar-refractivity contribution in [2.24, 2.45) is 0 Å². The van der Waals surface area contributed by atoms with Crippen molar-refractivity contribution in [1.82, 2.24) is 4.98 Å². The van der Waals surface area contributed by atoms with Crippen molar-refractivity contribution < 1.29 is 13.5 Å². The molecule has 1 saturated heterocycles. The number of hydrogen-bond acceptors (Lipinski definition) is 6. The molecule has 0 bridgehead atoms. The Morgan fingerprint density at radius 3 is 2.84 bits per heavy atom. The summed E-state index contributed by atoms with van der Waals surface area (Å²) in [6.45, 7) is 2.45. The van der Waals surface area contributed by atoms with Crippen molar-refractivity contribution in [2.75, 3.05) is 29.2 Å². The van der Waals surface area contributed by atoms with Crippen LogP contribution < -0.4 is 4.90 Å². The molecular weight excluding hydrogens is 284 g/mol. The molecule has 1 fully saturated rings. The molecule has 0 saturated carbocycles. The number of aliphatic hydroxyl groups excluding tert-OH is 1. The minimum Gasteiger partial charge on any atom is -0.392 e. The van der Waals surface area contributed by atoms with Crippen LogP contribution in [0.15, 0.2) is 12.1 Å². The number of pyridine rings is 1. The Hall–Kier alpha value is -0.790. The smallest absolute Gasteiger partial charge is 0.169 e. The molecule has 5 nitrogen and oxygen atoms in total. The van der Waals surface area contributed by atoms with Crippen LogP contribution in [0.3, 0.4) is 0 Å². The zero-order valence-electron chi connectivity index (χ0n) is 11.0. The zero-order chi connectivity index (χ0) is 14.0. The average Bonchev–Trinajstić information content (AvgIpc) is 2.37. The summed E-state index contributed by atoms with van der Waals surface area (Å²) >= 11 is 1.65. The van der Waals surface area contributed by atoms with Crippen molar-refractivity contribution in [1.29, 1.82) is 0 Å². The maximum absolute atomic E-state index is 11.9. The van der Waals surface area contributed by atoms with E-state index in [1.807, 2.05) is 11.8 Å². The summed E-state index contributed by atoms with van der Waals surface area (Å²) in [6.07, 6.45) is 1.27. The van der Waals surface area contributed by atoms with E-state index in [2.05, 4.69) is 4.98 Å². The van der Waals surface area contributed by atoms with Gasteiger partial charge < -0.3 is 10.0 Å². The fraction of sp³-hybridized carbons (Fsp3) is 0.583. The normalized spacial score (nSPS) is 20.6. The van der Waals surface area contributed by atoms with E-state index in [9.17, 15) is 8.42 Å². The van der Waals surface area contributed by atoms with Gasteiger partial charge in [-0.1, -0.05) is 6.07 Å². The second-order valence-corrected chi connectivity index (χ2v) is 7.98. The SMILES string of the molecule is Cc1nc(N2CCSCC2S(C)(=O)=O)ccc1CO. The molecule has 1 N–H and O–H groups in total. The van der Waals surface area contributed by atoms with E-state index in [0.29, 0.717) is 18.1 Å². The van der Waals surface area contributed by atoms with Crippen LogP contribution in [0.5, 0.6) is 0 Å². The van der Waals surface area contributed by atoms with Crippen molar-refractivity contribution in [2.45, 2.75) is 18.9 Å². The summed E-state index contributed by atoms with van der Waals surface area (Å²) in [5, 5.41) is 8.63. The molecule has 0 aliphatic carbocycles. The van der Waals surface area contributed by atoms with Crippen LogP contribution in [-0.2, 0) is 16.4 Å². The lowest BCUT2D eigenvalue weighted by atomic mass is 10.2. The van der Waals surface area contributed by atoms with Crippen LogP contribution in [0.2, 0.25) is 0 Å². The van der Waals surface area contributed by atoms with Gasteiger partial charge in [-0.2, -0.15) is 11.8 Å². The summed E-state index contributed by atoms with van der Waals surface area (Å²) in [6, 6.07) is 3.59. The number of aryl methyl sites for hydroxylation is 1. The fourth-order valence-electron chi connectivity index (χ4n) is 2.10. The average molecular weight is 302 g/mol. The number of rotatable bonds is 3. The summed E-state index contributed by atoms with van der Waals surface area (Å²) in [5.41, 5.74) is 1.51. The Bertz CT molecular complexity index is 560. The highest BCUT2D eigenvalue weighted by Gasteiger charge is 2.31. The molecule has 0 radical (unpaired) electrons. The van der Waals surface area contributed by atoms with Gasteiger partial charge in [0.1, 0.15) is 11.2 Å². The quantitative estimate of drug-likeness (QED) is 0.891. The van der Waals surface area contributed by atoms with Crippen molar-refractivity contribution >= 4 is 27.4 Å². The second-order valence-electron chi connectivity index (χ2n) is 4.62. The van der Waals surface area contributed by atoms with E-state index in [1.165, 1.54) is 6.26 Å². The number of nitrogens with zero attached hydrogens (tertiary/aromatic N) is 2. The molecule has 1 aliphatic heterocycles. The topological polar surface area (TPSA) is 70.5 Å². The van der Waals surface area contributed by atoms with Crippen molar-refractivity contribution in [3.05, 3.63) is 23.4 Å². The van der Waals surface area contributed by atoms with E-state index in [0.717, 1.165) is 17.0 Å². The first-order chi connectivity index (χ1) is 8.93. The Kier molecular flexibility index (Phi) is 4.37. The highest BCUT2D eigenvalue weighted by molar-refractivity contribution is 8.01. The molecule has 19 heavy (non-hydrogen) atoms. The van der Waals surface area contributed by atoms with Gasteiger partial charge in [-0.25, -0.2) is 13.4 Å². The van der Waals surface area contributed by atoms with Crippen LogP contribution in [0.1, 0.15) is 11.3 Å². The van der Waals surface area contributed by atoms with E-state index in [4.69, 9.17) is 5.11 Å². The van der Waals surface area contributed by atoms with Crippen LogP contribution in [-0.4, -0.2) is 48.2 Å². The maximum Gasteiger partial charge on any atom is 0.169 e. The van der Waals surface area contributed by atoms with E-state index < -0.39 is 15.2 Å². The predicted molar refractivity (Wildman–Crippen MR) is 78.2 cm³/mol. The van der Waals surface area contributed by atoms with Crippen LogP contribution in [0, 0.1) is 6.92 Å². The first-order valence-electron chi connectivity index (χ1n) is 6.04. The molecule has 7 heteroatoms. The molecule has 2 heterocycles. The molecule has 2 rings (SSSR count). The standard InChI is InChI=1S/C12H18N2O3S2/c1-9-10(7-15)3-4-11(13-9)14-5-6-18-8-12(14)19(2,16)17/h3-4,12,15H,5-8H2,1-2H3. The Labute approximate surface area is 118 Å². The first kappa shape index (κ1) is 14.6. The van der Waals surface area contributed by atoms with Gasteiger partial charge >= 0.3 is 0 Å². The molecule has 1 unspecified atom stereocenters. The molecule has 106 valence electrons. The zero-order valence-corrected chi connectivity index (χ0v) is 12.7. The van der Waals surface area contributed by atoms with Gasteiger partial charge in [0.15, 0.2) is 9.84 Å². The van der Waals surface area contributed by atoms with Gasteiger partial charge in [0.05, 0.1) is 6.61 Å². The largest absolute Gasteiger partial charge is 0.392 e. The number of aromatic nitrogens is 1. The van der Waals surface area contributed by atoms with E-state index in [1.54, 1.807) is 23.9 Å². The van der Waals surface area contributed by atoms with E-state index in [-0.39, 0.29) is 6.61 Å². The third-order valence-corrected chi connectivity index (χ3v) is 5.87. The predicted octanol–water partition coefficient (Wildman–Crippen LogP) is 0.806. The minimum atomic E-state index is -3.14. The lowest BCUT2D eigenvalue weighted by Gasteiger charge is -2.35. The monoisotopic (exact) mass is 302 g/mol. The lowest BCUT2D eigenvalue weighted by molar-refractivity contribution is 0.280. The van der Waals surface area contributed by atoms with Crippen LogP contribution in [0.25, 0.3) is 0 Å². The molecular formula is C12H18N2O3S2. The number of hydrogen-bond donors (Lipinski definition) is 1. The number of thioether (sulfide) groups is 1. The molecule has 1 aliphatic rings. The molecule has 1 aromatic rings. The Balaban J connectivity index is 2.35. The Morgan fingerprint density at radius 2 is 2.26 bits per heavy atom. The van der Waals surface area contributed by atoms with Gasteiger partial charge in [0, 0.05) is 30.0 Å². The number of aliphatic hydroxyl groups is 1. The van der Waals surface area contributed by atoms with Gasteiger partial charge in [0.2, 0.25) is 0 Å². The maximum atomic E-state index is 11.9. The van der Waals surface area contributed by atoms with Gasteiger partial charge in [0.25, 0.3) is 0 Å². The molecule has 0 spiro atoms. The number of sulfone groups is 1. The van der Waals surface area contributed by atoms with Crippen molar-refractivity contribution in [3.8, 4) is 0 Å². The highest BCUT2D eigenvalue weighted by Crippen LogP contribution is 2.26. The van der Waals surface area contributed by atoms with E-state index >= 15 is 0 Å². The molecule has 0 amide bonds. The number of anilines is 1. The first-order valence-corrected chi connectivity index (χ1v) is 9.15. The summed E-state index contributed by atoms with van der Waals surface area (Å²) < 4.78 is 23.7. The summed E-state index contributed by atoms with van der Waals surface area (Å²) in [7, 11) is -3.14. The molecule has 1 atom stereocenters.